The van der Waals surface area contributed by atoms with Crippen LogP contribution in [0.1, 0.15) is 18.9 Å². The van der Waals surface area contributed by atoms with Crippen molar-refractivity contribution in [3.8, 4) is 5.75 Å². The maximum absolute atomic E-state index is 12.2. The lowest BCUT2D eigenvalue weighted by atomic mass is 10.1. The van der Waals surface area contributed by atoms with E-state index in [2.05, 4.69) is 0 Å². The summed E-state index contributed by atoms with van der Waals surface area (Å²) < 4.78 is 22.8. The standard InChI is InChI=1S/C14H15FO3/c1-2-3-11-12(17-9-8-15)6-4-10-5-7-13(16)18-14(10)11/h4-7H,2-3,8-9H2,1H3. The lowest BCUT2D eigenvalue weighted by Gasteiger charge is -2.11. The number of aryl methyl sites for hydroxylation is 1. The van der Waals surface area contributed by atoms with E-state index in [1.54, 1.807) is 12.1 Å². The van der Waals surface area contributed by atoms with Crippen molar-refractivity contribution in [2.75, 3.05) is 13.3 Å². The first kappa shape index (κ1) is 12.6. The van der Waals surface area contributed by atoms with Gasteiger partial charge in [-0.3, -0.25) is 0 Å². The molecule has 0 aliphatic rings. The van der Waals surface area contributed by atoms with E-state index in [0.717, 1.165) is 23.8 Å². The fraction of sp³-hybridized carbons (Fsp3) is 0.357. The molecule has 0 N–H and O–H groups in total. The topological polar surface area (TPSA) is 39.4 Å². The quantitative estimate of drug-likeness (QED) is 0.765. The average Bonchev–Trinajstić information content (AvgIpc) is 2.38. The molecule has 2 aromatic rings. The first-order valence-corrected chi connectivity index (χ1v) is 6.00. The Morgan fingerprint density at radius 1 is 1.28 bits per heavy atom. The van der Waals surface area contributed by atoms with Crippen LogP contribution in [0.2, 0.25) is 0 Å². The van der Waals surface area contributed by atoms with Crippen LogP contribution < -0.4 is 10.4 Å². The number of hydrogen-bond donors (Lipinski definition) is 0. The Hall–Kier alpha value is -1.84. The number of hydrogen-bond acceptors (Lipinski definition) is 3. The highest BCUT2D eigenvalue weighted by atomic mass is 19.1. The lowest BCUT2D eigenvalue weighted by molar-refractivity contribution is 0.271. The normalized spacial score (nSPS) is 10.8. The second-order valence-electron chi connectivity index (χ2n) is 4.00. The summed E-state index contributed by atoms with van der Waals surface area (Å²) in [5.41, 5.74) is 0.990. The van der Waals surface area contributed by atoms with Crippen molar-refractivity contribution in [3.05, 3.63) is 40.2 Å². The molecular weight excluding hydrogens is 235 g/mol. The number of halogens is 1. The number of alkyl halides is 1. The first-order valence-electron chi connectivity index (χ1n) is 6.00. The van der Waals surface area contributed by atoms with Gasteiger partial charge in [0.1, 0.15) is 24.6 Å². The van der Waals surface area contributed by atoms with Gasteiger partial charge in [0.05, 0.1) is 0 Å². The van der Waals surface area contributed by atoms with Crippen LogP contribution in [-0.4, -0.2) is 13.3 Å². The predicted molar refractivity (Wildman–Crippen MR) is 67.9 cm³/mol. The van der Waals surface area contributed by atoms with Gasteiger partial charge in [0.25, 0.3) is 0 Å². The number of fused-ring (bicyclic) bond motifs is 1. The maximum Gasteiger partial charge on any atom is 0.336 e. The number of rotatable bonds is 5. The molecule has 4 heteroatoms. The molecule has 3 nitrogen and oxygen atoms in total. The highest BCUT2D eigenvalue weighted by molar-refractivity contribution is 5.82. The molecule has 0 fully saturated rings. The summed E-state index contributed by atoms with van der Waals surface area (Å²) in [4.78, 5) is 11.3. The van der Waals surface area contributed by atoms with Crippen LogP contribution in [0.25, 0.3) is 11.0 Å². The van der Waals surface area contributed by atoms with Gasteiger partial charge in [0.2, 0.25) is 0 Å². The Balaban J connectivity index is 2.56. The van der Waals surface area contributed by atoms with E-state index < -0.39 is 6.67 Å². The van der Waals surface area contributed by atoms with Crippen LogP contribution >= 0.6 is 0 Å². The second kappa shape index (κ2) is 5.67. The minimum absolute atomic E-state index is 0.0132. The van der Waals surface area contributed by atoms with Crippen LogP contribution in [0.4, 0.5) is 4.39 Å². The zero-order chi connectivity index (χ0) is 13.0. The Morgan fingerprint density at radius 3 is 2.78 bits per heavy atom. The SMILES string of the molecule is CCCc1c(OCCF)ccc2ccc(=O)oc12. The van der Waals surface area contributed by atoms with E-state index in [9.17, 15) is 9.18 Å². The molecule has 0 saturated carbocycles. The van der Waals surface area contributed by atoms with E-state index in [1.165, 1.54) is 6.07 Å². The lowest BCUT2D eigenvalue weighted by Crippen LogP contribution is -2.03. The molecule has 0 saturated heterocycles. The third-order valence-electron chi connectivity index (χ3n) is 2.68. The van der Waals surface area contributed by atoms with Crippen molar-refractivity contribution in [2.45, 2.75) is 19.8 Å². The van der Waals surface area contributed by atoms with Gasteiger partial charge in [0, 0.05) is 17.0 Å². The van der Waals surface area contributed by atoms with Crippen LogP contribution in [0, 0.1) is 0 Å². The van der Waals surface area contributed by atoms with Gasteiger partial charge in [-0.25, -0.2) is 9.18 Å². The molecule has 0 amide bonds. The summed E-state index contributed by atoms with van der Waals surface area (Å²) in [6.07, 6.45) is 1.62. The molecule has 0 aliphatic carbocycles. The fourth-order valence-corrected chi connectivity index (χ4v) is 1.94. The fourth-order valence-electron chi connectivity index (χ4n) is 1.94. The molecule has 1 aromatic heterocycles. The van der Waals surface area contributed by atoms with E-state index in [0.29, 0.717) is 11.3 Å². The zero-order valence-corrected chi connectivity index (χ0v) is 10.2. The molecule has 1 aromatic carbocycles. The molecule has 18 heavy (non-hydrogen) atoms. The van der Waals surface area contributed by atoms with E-state index in [-0.39, 0.29) is 12.2 Å². The second-order valence-corrected chi connectivity index (χ2v) is 4.00. The van der Waals surface area contributed by atoms with Crippen LogP contribution in [-0.2, 0) is 6.42 Å². The first-order chi connectivity index (χ1) is 8.76. The largest absolute Gasteiger partial charge is 0.490 e. The third-order valence-corrected chi connectivity index (χ3v) is 2.68. The Morgan fingerprint density at radius 2 is 2.06 bits per heavy atom. The van der Waals surface area contributed by atoms with E-state index in [4.69, 9.17) is 9.15 Å². The zero-order valence-electron chi connectivity index (χ0n) is 10.2. The van der Waals surface area contributed by atoms with Gasteiger partial charge < -0.3 is 9.15 Å². The minimum atomic E-state index is -0.539. The third kappa shape index (κ3) is 2.53. The number of ether oxygens (including phenoxy) is 1. The van der Waals surface area contributed by atoms with Crippen molar-refractivity contribution in [1.82, 2.24) is 0 Å². The summed E-state index contributed by atoms with van der Waals surface area (Å²) in [5.74, 6) is 0.594. The van der Waals surface area contributed by atoms with Gasteiger partial charge >= 0.3 is 5.63 Å². The van der Waals surface area contributed by atoms with Gasteiger partial charge in [-0.2, -0.15) is 0 Å². The van der Waals surface area contributed by atoms with E-state index >= 15 is 0 Å². The van der Waals surface area contributed by atoms with E-state index in [1.807, 2.05) is 13.0 Å². The Bertz CT molecular complexity index is 589. The van der Waals surface area contributed by atoms with Crippen LogP contribution in [0.3, 0.4) is 0 Å². The van der Waals surface area contributed by atoms with Crippen LogP contribution in [0.15, 0.2) is 33.5 Å². The van der Waals surface area contributed by atoms with Crippen molar-refractivity contribution < 1.29 is 13.5 Å². The molecule has 0 aliphatic heterocycles. The molecule has 0 atom stereocenters. The molecule has 1 heterocycles. The predicted octanol–water partition coefficient (Wildman–Crippen LogP) is 3.09. The molecule has 0 unspecified atom stereocenters. The van der Waals surface area contributed by atoms with Crippen molar-refractivity contribution >= 4 is 11.0 Å². The summed E-state index contributed by atoms with van der Waals surface area (Å²) in [6, 6.07) is 6.72. The molecule has 0 spiro atoms. The van der Waals surface area contributed by atoms with Gasteiger partial charge in [-0.1, -0.05) is 13.3 Å². The average molecular weight is 250 g/mol. The molecular formula is C14H15FO3. The summed E-state index contributed by atoms with van der Waals surface area (Å²) in [5, 5.41) is 0.852. The molecule has 0 radical (unpaired) electrons. The minimum Gasteiger partial charge on any atom is -0.490 e. The van der Waals surface area contributed by atoms with Crippen molar-refractivity contribution in [2.24, 2.45) is 0 Å². The number of benzene rings is 1. The summed E-state index contributed by atoms with van der Waals surface area (Å²) >= 11 is 0. The highest BCUT2D eigenvalue weighted by Gasteiger charge is 2.11. The molecule has 0 bridgehead atoms. The highest BCUT2D eigenvalue weighted by Crippen LogP contribution is 2.28. The summed E-state index contributed by atoms with van der Waals surface area (Å²) in [6.45, 7) is 1.50. The van der Waals surface area contributed by atoms with Gasteiger partial charge in [-0.15, -0.1) is 0 Å². The summed E-state index contributed by atoms with van der Waals surface area (Å²) in [7, 11) is 0. The smallest absolute Gasteiger partial charge is 0.336 e. The monoisotopic (exact) mass is 250 g/mol. The van der Waals surface area contributed by atoms with Crippen molar-refractivity contribution in [3.63, 3.8) is 0 Å². The Kier molecular flexibility index (Phi) is 3.97. The van der Waals surface area contributed by atoms with Gasteiger partial charge in [-0.05, 0) is 24.6 Å². The van der Waals surface area contributed by atoms with Crippen LogP contribution in [0.5, 0.6) is 5.75 Å². The van der Waals surface area contributed by atoms with Gasteiger partial charge in [0.15, 0.2) is 0 Å². The Labute approximate surface area is 104 Å². The maximum atomic E-state index is 12.2. The van der Waals surface area contributed by atoms with Crippen molar-refractivity contribution in [1.29, 1.82) is 0 Å². The molecule has 96 valence electrons. The molecule has 2 rings (SSSR count).